The molecule has 0 amide bonds. The molecule has 5 rings (SSSR count). The summed E-state index contributed by atoms with van der Waals surface area (Å²) < 4.78 is 59.5. The van der Waals surface area contributed by atoms with Gasteiger partial charge in [-0.1, -0.05) is 30.3 Å². The van der Waals surface area contributed by atoms with E-state index < -0.39 is 44.3 Å². The lowest BCUT2D eigenvalue weighted by atomic mass is 9.55. The zero-order valence-electron chi connectivity index (χ0n) is 21.0. The predicted molar refractivity (Wildman–Crippen MR) is 135 cm³/mol. The smallest absolute Gasteiger partial charge is 0.222 e. The zero-order valence-corrected chi connectivity index (χ0v) is 21.8. The molecule has 2 aromatic carbocycles. The van der Waals surface area contributed by atoms with E-state index in [1.807, 2.05) is 6.07 Å². The lowest BCUT2D eigenvalue weighted by Crippen LogP contribution is -2.61. The Labute approximate surface area is 215 Å². The lowest BCUT2D eigenvalue weighted by molar-refractivity contribution is -0.0539. The number of rotatable bonds is 5. The first kappa shape index (κ1) is 26.2. The molecule has 2 aliphatic heterocycles. The number of nitrogens with zero attached hydrogens (tertiary/aromatic N) is 3. The van der Waals surface area contributed by atoms with Crippen LogP contribution >= 0.6 is 0 Å². The fraction of sp³-hybridized carbons (Fsp3) is 0.500. The molecule has 1 saturated carbocycles. The van der Waals surface area contributed by atoms with Gasteiger partial charge in [0, 0.05) is 30.8 Å². The van der Waals surface area contributed by atoms with E-state index in [-0.39, 0.29) is 42.4 Å². The van der Waals surface area contributed by atoms with Crippen molar-refractivity contribution in [3.8, 4) is 0 Å². The van der Waals surface area contributed by atoms with Crippen LogP contribution in [0.2, 0.25) is 0 Å². The second-order valence-electron chi connectivity index (χ2n) is 10.8. The first-order valence-corrected chi connectivity index (χ1v) is 13.9. The van der Waals surface area contributed by atoms with Gasteiger partial charge >= 0.3 is 0 Å². The number of hydrogen-bond acceptors (Lipinski definition) is 7. The maximum Gasteiger partial charge on any atom is 0.222 e. The molecule has 1 unspecified atom stereocenters. The Morgan fingerprint density at radius 3 is 2.41 bits per heavy atom. The number of sulfonamides is 1. The highest BCUT2D eigenvalue weighted by Gasteiger charge is 2.58. The number of hydrogen-bond donors (Lipinski definition) is 3. The van der Waals surface area contributed by atoms with Gasteiger partial charge in [0.05, 0.1) is 11.0 Å². The Morgan fingerprint density at radius 2 is 1.81 bits per heavy atom. The summed E-state index contributed by atoms with van der Waals surface area (Å²) in [7, 11) is -2.25. The Kier molecular flexibility index (Phi) is 6.43. The summed E-state index contributed by atoms with van der Waals surface area (Å²) in [5.41, 5.74) is 1.25. The number of aliphatic hydroxyl groups excluding tert-OH is 1. The average Bonchev–Trinajstić information content (AvgIpc) is 3.15. The number of aliphatic imine (C=N–C) groups is 1. The van der Waals surface area contributed by atoms with Crippen LogP contribution in [0.4, 0.5) is 8.78 Å². The van der Waals surface area contributed by atoms with Crippen molar-refractivity contribution < 1.29 is 27.4 Å². The van der Waals surface area contributed by atoms with Crippen LogP contribution in [0, 0.1) is 11.6 Å². The Morgan fingerprint density at radius 1 is 1.14 bits per heavy atom. The van der Waals surface area contributed by atoms with Crippen molar-refractivity contribution in [2.75, 3.05) is 7.05 Å². The van der Waals surface area contributed by atoms with Crippen LogP contribution in [0.3, 0.4) is 0 Å². The van der Waals surface area contributed by atoms with Gasteiger partial charge < -0.3 is 15.6 Å². The van der Waals surface area contributed by atoms with Crippen molar-refractivity contribution in [2.24, 2.45) is 4.99 Å². The summed E-state index contributed by atoms with van der Waals surface area (Å²) >= 11 is 0. The fourth-order valence-corrected chi connectivity index (χ4v) is 8.20. The number of nitrogens with one attached hydrogen (secondary N) is 1. The molecule has 0 spiro atoms. The van der Waals surface area contributed by atoms with E-state index >= 15 is 8.78 Å². The first-order chi connectivity index (χ1) is 17.3. The van der Waals surface area contributed by atoms with Gasteiger partial charge in [0.2, 0.25) is 16.4 Å². The topological polar surface area (TPSA) is 105 Å². The van der Waals surface area contributed by atoms with Crippen molar-refractivity contribution >= 4 is 15.9 Å². The molecule has 1 aliphatic carbocycles. The van der Waals surface area contributed by atoms with Gasteiger partial charge in [-0.05, 0) is 57.2 Å². The molecule has 37 heavy (non-hydrogen) atoms. The standard InChI is InChI=1S/C26H32F2N4O4S/c1-16-9-10-22(17-7-5-4-6-8-17)37(35,36)32(16)13-18-11-21(28)19(12-20(18)27)26(14-25(2,34)15-26)23-29-24(33)31(3)30-23/h4-8,11-12,16,22,24,33-34H,9-10,13-15H2,1-3H3,(H,29,30)/t16-,22+,24?,25?,26?/m0/s1. The van der Waals surface area contributed by atoms with Gasteiger partial charge in [-0.15, -0.1) is 0 Å². The molecule has 3 aliphatic rings. The third kappa shape index (κ3) is 4.46. The molecular formula is C26H32F2N4O4S. The molecule has 0 bridgehead atoms. The highest BCUT2D eigenvalue weighted by molar-refractivity contribution is 7.89. The molecular weight excluding hydrogens is 502 g/mol. The second-order valence-corrected chi connectivity index (χ2v) is 12.9. The SMILES string of the molecule is C[C@H]1CC[C@H](c2ccccc2)S(=O)(=O)N1Cc1cc(F)c(C2(C3=NC(O)N(C)N3)CC(C)(O)C2)cc1F. The van der Waals surface area contributed by atoms with Gasteiger partial charge in [0.25, 0.3) is 0 Å². The monoisotopic (exact) mass is 534 g/mol. The van der Waals surface area contributed by atoms with Crippen LogP contribution < -0.4 is 5.43 Å². The zero-order chi connectivity index (χ0) is 26.8. The van der Waals surface area contributed by atoms with Crippen LogP contribution in [0.5, 0.6) is 0 Å². The molecule has 3 atom stereocenters. The largest absolute Gasteiger partial charge is 0.390 e. The number of aliphatic hydroxyl groups is 2. The molecule has 2 fully saturated rings. The average molecular weight is 535 g/mol. The summed E-state index contributed by atoms with van der Waals surface area (Å²) in [6.45, 7) is 3.09. The lowest BCUT2D eigenvalue weighted by Gasteiger charge is -2.52. The van der Waals surface area contributed by atoms with Crippen LogP contribution in [-0.4, -0.2) is 58.8 Å². The van der Waals surface area contributed by atoms with E-state index in [2.05, 4.69) is 10.4 Å². The molecule has 2 aromatic rings. The summed E-state index contributed by atoms with van der Waals surface area (Å²) in [6, 6.07) is 10.7. The Balaban J connectivity index is 1.48. The maximum absolute atomic E-state index is 15.7. The molecule has 2 heterocycles. The van der Waals surface area contributed by atoms with E-state index in [9.17, 15) is 18.6 Å². The molecule has 3 N–H and O–H groups in total. The predicted octanol–water partition coefficient (Wildman–Crippen LogP) is 2.93. The minimum atomic E-state index is -3.82. The van der Waals surface area contributed by atoms with Crippen molar-refractivity contribution in [2.45, 2.75) is 74.7 Å². The number of benzene rings is 2. The summed E-state index contributed by atoms with van der Waals surface area (Å²) in [5.74, 6) is -1.21. The number of hydrazine groups is 1. The van der Waals surface area contributed by atoms with Gasteiger partial charge in [-0.3, -0.25) is 0 Å². The first-order valence-electron chi connectivity index (χ1n) is 12.4. The van der Waals surface area contributed by atoms with Gasteiger partial charge in [-0.25, -0.2) is 22.2 Å². The van der Waals surface area contributed by atoms with Crippen molar-refractivity contribution in [1.29, 1.82) is 0 Å². The third-order valence-electron chi connectivity index (χ3n) is 7.87. The molecule has 8 nitrogen and oxygen atoms in total. The Bertz CT molecular complexity index is 1330. The van der Waals surface area contributed by atoms with E-state index in [0.29, 0.717) is 18.4 Å². The summed E-state index contributed by atoms with van der Waals surface area (Å²) in [6.07, 6.45) is 0.0301. The van der Waals surface area contributed by atoms with Crippen LogP contribution in [0.25, 0.3) is 0 Å². The molecule has 200 valence electrons. The Hall–Kier alpha value is -2.44. The minimum absolute atomic E-state index is 0.00531. The maximum atomic E-state index is 15.7. The number of amidine groups is 1. The van der Waals surface area contributed by atoms with Gasteiger partial charge in [0.1, 0.15) is 22.7 Å². The molecule has 11 heteroatoms. The summed E-state index contributed by atoms with van der Waals surface area (Å²) in [5, 5.41) is 21.1. The van der Waals surface area contributed by atoms with Crippen molar-refractivity contribution in [1.82, 2.24) is 14.7 Å². The highest BCUT2D eigenvalue weighted by Crippen LogP contribution is 2.52. The van der Waals surface area contributed by atoms with E-state index in [1.54, 1.807) is 45.2 Å². The van der Waals surface area contributed by atoms with Crippen molar-refractivity contribution in [3.05, 3.63) is 70.8 Å². The van der Waals surface area contributed by atoms with E-state index in [4.69, 9.17) is 0 Å². The second kappa shape index (κ2) is 9.09. The fourth-order valence-electron chi connectivity index (χ4n) is 6.02. The molecule has 0 radical (unpaired) electrons. The quantitative estimate of drug-likeness (QED) is 0.545. The molecule has 0 aromatic heterocycles. The highest BCUT2D eigenvalue weighted by atomic mass is 32.2. The minimum Gasteiger partial charge on any atom is -0.390 e. The van der Waals surface area contributed by atoms with E-state index in [0.717, 1.165) is 12.1 Å². The van der Waals surface area contributed by atoms with Crippen LogP contribution in [0.15, 0.2) is 47.5 Å². The van der Waals surface area contributed by atoms with Gasteiger partial charge in [-0.2, -0.15) is 9.31 Å². The van der Waals surface area contributed by atoms with Crippen molar-refractivity contribution in [3.63, 3.8) is 0 Å². The summed E-state index contributed by atoms with van der Waals surface area (Å²) in [4.78, 5) is 4.16. The van der Waals surface area contributed by atoms with E-state index in [1.165, 1.54) is 9.31 Å². The molecule has 1 saturated heterocycles. The van der Waals surface area contributed by atoms with Crippen LogP contribution in [0.1, 0.15) is 61.5 Å². The van der Waals surface area contributed by atoms with Gasteiger partial charge in [0.15, 0.2) is 0 Å². The third-order valence-corrected chi connectivity index (χ3v) is 10.2. The number of halogens is 2. The normalized spacial score (nSPS) is 34.0. The van der Waals surface area contributed by atoms with Crippen LogP contribution in [-0.2, 0) is 22.0 Å².